The van der Waals surface area contributed by atoms with Gasteiger partial charge in [0.2, 0.25) is 5.91 Å². The SMILES string of the molecule is O=C(CC1CCNCC1)N(Cc1ccccc1)c1cncnc1NCc1ccc(F)cc1. The Balaban J connectivity index is 1.56. The Kier molecular flexibility index (Phi) is 7.40. The van der Waals surface area contributed by atoms with Crippen molar-refractivity contribution in [1.29, 1.82) is 0 Å². The molecule has 0 aliphatic carbocycles. The Morgan fingerprint density at radius 2 is 1.81 bits per heavy atom. The standard InChI is InChI=1S/C25H28FN5O/c26-22-8-6-20(7-9-22)15-29-25-23(16-28-18-30-25)31(17-21-4-2-1-3-5-21)24(32)14-19-10-12-27-13-11-19/h1-9,16,18-19,27H,10-15,17H2,(H,28,29,30). The number of nitrogens with one attached hydrogen (secondary N) is 2. The highest BCUT2D eigenvalue weighted by Gasteiger charge is 2.24. The molecule has 32 heavy (non-hydrogen) atoms. The van der Waals surface area contributed by atoms with Crippen LogP contribution in [0.5, 0.6) is 0 Å². The van der Waals surface area contributed by atoms with Crippen molar-refractivity contribution in [3.63, 3.8) is 0 Å². The fourth-order valence-corrected chi connectivity index (χ4v) is 3.96. The molecule has 0 atom stereocenters. The lowest BCUT2D eigenvalue weighted by atomic mass is 9.94. The Morgan fingerprint density at radius 1 is 1.06 bits per heavy atom. The van der Waals surface area contributed by atoms with Gasteiger partial charge < -0.3 is 15.5 Å². The van der Waals surface area contributed by atoms with E-state index in [2.05, 4.69) is 20.6 Å². The third kappa shape index (κ3) is 5.88. The number of halogens is 1. The van der Waals surface area contributed by atoms with E-state index < -0.39 is 0 Å². The average Bonchev–Trinajstić information content (AvgIpc) is 2.84. The molecule has 2 heterocycles. The van der Waals surface area contributed by atoms with E-state index in [9.17, 15) is 9.18 Å². The van der Waals surface area contributed by atoms with E-state index in [1.54, 1.807) is 23.2 Å². The average molecular weight is 434 g/mol. The zero-order valence-corrected chi connectivity index (χ0v) is 18.0. The maximum Gasteiger partial charge on any atom is 0.227 e. The third-order valence-corrected chi connectivity index (χ3v) is 5.76. The van der Waals surface area contributed by atoms with Gasteiger partial charge in [-0.05, 0) is 55.1 Å². The van der Waals surface area contributed by atoms with Gasteiger partial charge in [0.15, 0.2) is 5.82 Å². The number of benzene rings is 2. The first kappa shape index (κ1) is 21.9. The highest BCUT2D eigenvalue weighted by Crippen LogP contribution is 2.27. The number of hydrogen-bond acceptors (Lipinski definition) is 5. The summed E-state index contributed by atoms with van der Waals surface area (Å²) in [6.07, 6.45) is 5.66. The van der Waals surface area contributed by atoms with E-state index >= 15 is 0 Å². The van der Waals surface area contributed by atoms with Crippen molar-refractivity contribution in [3.8, 4) is 0 Å². The third-order valence-electron chi connectivity index (χ3n) is 5.76. The van der Waals surface area contributed by atoms with Crippen LogP contribution in [-0.4, -0.2) is 29.0 Å². The summed E-state index contributed by atoms with van der Waals surface area (Å²) >= 11 is 0. The molecule has 6 nitrogen and oxygen atoms in total. The molecule has 0 unspecified atom stereocenters. The molecule has 0 radical (unpaired) electrons. The van der Waals surface area contributed by atoms with Gasteiger partial charge in [0.25, 0.3) is 0 Å². The molecule has 1 aromatic heterocycles. The minimum Gasteiger partial charge on any atom is -0.364 e. The normalized spacial score (nSPS) is 14.2. The maximum absolute atomic E-state index is 13.5. The van der Waals surface area contributed by atoms with E-state index in [-0.39, 0.29) is 11.7 Å². The van der Waals surface area contributed by atoms with E-state index in [1.165, 1.54) is 18.5 Å². The van der Waals surface area contributed by atoms with Crippen LogP contribution in [0, 0.1) is 11.7 Å². The molecule has 1 fully saturated rings. The second kappa shape index (κ2) is 10.8. The molecule has 2 N–H and O–H groups in total. The first-order chi connectivity index (χ1) is 15.7. The number of carbonyl (C=O) groups is 1. The van der Waals surface area contributed by atoms with Gasteiger partial charge in [-0.15, -0.1) is 0 Å². The van der Waals surface area contributed by atoms with Crippen LogP contribution < -0.4 is 15.5 Å². The second-order valence-corrected chi connectivity index (χ2v) is 8.10. The molecule has 1 aliphatic heterocycles. The van der Waals surface area contributed by atoms with Crippen LogP contribution in [0.4, 0.5) is 15.9 Å². The van der Waals surface area contributed by atoms with E-state index in [0.29, 0.717) is 36.9 Å². The molecule has 0 bridgehead atoms. The lowest BCUT2D eigenvalue weighted by Gasteiger charge is -2.28. The first-order valence-electron chi connectivity index (χ1n) is 11.0. The first-order valence-corrected chi connectivity index (χ1v) is 11.0. The number of amides is 1. The van der Waals surface area contributed by atoms with Crippen LogP contribution >= 0.6 is 0 Å². The largest absolute Gasteiger partial charge is 0.364 e. The molecule has 7 heteroatoms. The number of rotatable bonds is 8. The smallest absolute Gasteiger partial charge is 0.227 e. The zero-order valence-electron chi connectivity index (χ0n) is 18.0. The molecular weight excluding hydrogens is 405 g/mol. The van der Waals surface area contributed by atoms with Crippen molar-refractivity contribution in [1.82, 2.24) is 15.3 Å². The Morgan fingerprint density at radius 3 is 2.56 bits per heavy atom. The van der Waals surface area contributed by atoms with Gasteiger partial charge in [-0.2, -0.15) is 0 Å². The fourth-order valence-electron chi connectivity index (χ4n) is 3.96. The predicted molar refractivity (Wildman–Crippen MR) is 124 cm³/mol. The minimum atomic E-state index is -0.269. The van der Waals surface area contributed by atoms with E-state index in [4.69, 9.17) is 0 Å². The van der Waals surface area contributed by atoms with Crippen LogP contribution in [0.15, 0.2) is 67.1 Å². The fraction of sp³-hybridized carbons (Fsp3) is 0.320. The Bertz CT molecular complexity index is 1010. The molecule has 3 aromatic rings. The highest BCUT2D eigenvalue weighted by molar-refractivity contribution is 5.95. The number of piperidine rings is 1. The van der Waals surface area contributed by atoms with Crippen LogP contribution in [0.2, 0.25) is 0 Å². The van der Waals surface area contributed by atoms with Crippen molar-refractivity contribution in [2.75, 3.05) is 23.3 Å². The molecule has 0 spiro atoms. The van der Waals surface area contributed by atoms with Gasteiger partial charge >= 0.3 is 0 Å². The van der Waals surface area contributed by atoms with E-state index in [0.717, 1.165) is 37.1 Å². The van der Waals surface area contributed by atoms with Crippen molar-refractivity contribution >= 4 is 17.4 Å². The van der Waals surface area contributed by atoms with Crippen LogP contribution in [0.1, 0.15) is 30.4 Å². The monoisotopic (exact) mass is 433 g/mol. The van der Waals surface area contributed by atoms with Gasteiger partial charge in [-0.25, -0.2) is 14.4 Å². The van der Waals surface area contributed by atoms with Gasteiger partial charge in [0.05, 0.1) is 12.7 Å². The predicted octanol–water partition coefficient (Wildman–Crippen LogP) is 4.15. The van der Waals surface area contributed by atoms with Crippen LogP contribution in [-0.2, 0) is 17.9 Å². The summed E-state index contributed by atoms with van der Waals surface area (Å²) in [5.41, 5.74) is 2.61. The Labute approximate surface area is 187 Å². The quantitative estimate of drug-likeness (QED) is 0.559. The summed E-state index contributed by atoms with van der Waals surface area (Å²) in [6, 6.07) is 16.3. The van der Waals surface area contributed by atoms with E-state index in [1.807, 2.05) is 30.3 Å². The van der Waals surface area contributed by atoms with Crippen molar-refractivity contribution in [2.45, 2.75) is 32.4 Å². The number of hydrogen-bond donors (Lipinski definition) is 2. The summed E-state index contributed by atoms with van der Waals surface area (Å²) < 4.78 is 13.2. The number of aromatic nitrogens is 2. The number of anilines is 2. The zero-order chi connectivity index (χ0) is 22.2. The Hall–Kier alpha value is -3.32. The summed E-state index contributed by atoms with van der Waals surface area (Å²) in [5.74, 6) is 0.760. The molecule has 1 aliphatic rings. The summed E-state index contributed by atoms with van der Waals surface area (Å²) in [6.45, 7) is 2.82. The van der Waals surface area contributed by atoms with Crippen LogP contribution in [0.25, 0.3) is 0 Å². The van der Waals surface area contributed by atoms with Gasteiger partial charge in [0.1, 0.15) is 17.8 Å². The second-order valence-electron chi connectivity index (χ2n) is 8.10. The van der Waals surface area contributed by atoms with Gasteiger partial charge in [0, 0.05) is 13.0 Å². The highest BCUT2D eigenvalue weighted by atomic mass is 19.1. The van der Waals surface area contributed by atoms with Crippen molar-refractivity contribution < 1.29 is 9.18 Å². The maximum atomic E-state index is 13.5. The van der Waals surface area contributed by atoms with Crippen molar-refractivity contribution in [3.05, 3.63) is 84.1 Å². The molecule has 2 aromatic carbocycles. The lowest BCUT2D eigenvalue weighted by Crippen LogP contribution is -2.35. The summed E-state index contributed by atoms with van der Waals surface area (Å²) in [5, 5.41) is 6.65. The van der Waals surface area contributed by atoms with Gasteiger partial charge in [-0.1, -0.05) is 42.5 Å². The van der Waals surface area contributed by atoms with Crippen LogP contribution in [0.3, 0.4) is 0 Å². The molecule has 166 valence electrons. The number of nitrogens with zero attached hydrogens (tertiary/aromatic N) is 3. The van der Waals surface area contributed by atoms with Gasteiger partial charge in [-0.3, -0.25) is 4.79 Å². The molecule has 4 rings (SSSR count). The summed E-state index contributed by atoms with van der Waals surface area (Å²) in [4.78, 5) is 23.8. The minimum absolute atomic E-state index is 0.0698. The molecule has 1 amide bonds. The molecule has 0 saturated carbocycles. The summed E-state index contributed by atoms with van der Waals surface area (Å²) in [7, 11) is 0. The topological polar surface area (TPSA) is 70.2 Å². The lowest BCUT2D eigenvalue weighted by molar-refractivity contribution is -0.119. The molecular formula is C25H28FN5O. The number of carbonyl (C=O) groups excluding carboxylic acids is 1. The molecule has 1 saturated heterocycles. The van der Waals surface area contributed by atoms with Crippen molar-refractivity contribution in [2.24, 2.45) is 5.92 Å².